The van der Waals surface area contributed by atoms with Crippen LogP contribution in [0.15, 0.2) is 24.3 Å². The molecular weight excluding hydrogens is 562 g/mol. The maximum Gasteiger partial charge on any atom is 0.182 e. The molecule has 1 unspecified atom stereocenters. The van der Waals surface area contributed by atoms with Crippen LogP contribution in [0.2, 0.25) is 0 Å². The molecule has 3 rings (SSSR count). The van der Waals surface area contributed by atoms with E-state index in [9.17, 15) is 26.7 Å². The summed E-state index contributed by atoms with van der Waals surface area (Å²) in [7, 11) is -2.87. The summed E-state index contributed by atoms with van der Waals surface area (Å²) < 4.78 is 75.0. The zero-order valence-corrected chi connectivity index (χ0v) is 20.3. The van der Waals surface area contributed by atoms with Crippen LogP contribution in [0, 0.1) is 21.0 Å². The first kappa shape index (κ1) is 25.1. The van der Waals surface area contributed by atoms with Gasteiger partial charge in [0.05, 0.1) is 41.2 Å². The van der Waals surface area contributed by atoms with Crippen LogP contribution in [0.25, 0.3) is 0 Å². The standard InChI is InChI=1S/C21H23F3INO5S/c1-11(32(29,30)21(5-6-21)9-13(28)10-27)18-17(31-2)8-15(23)19(24)20(18)26-16-4-3-12(25)7-14(16)22/h3-4,7-8,11,13,26-28H,5-6,9-10H2,1-2H3/t11?,13-/m0/s1. The van der Waals surface area contributed by atoms with E-state index in [4.69, 9.17) is 9.84 Å². The van der Waals surface area contributed by atoms with Gasteiger partial charge < -0.3 is 20.3 Å². The zero-order valence-electron chi connectivity index (χ0n) is 17.3. The molecular formula is C21H23F3INO5S. The van der Waals surface area contributed by atoms with Crippen LogP contribution >= 0.6 is 22.6 Å². The first-order valence-corrected chi connectivity index (χ1v) is 12.4. The third-order valence-electron chi connectivity index (χ3n) is 5.73. The minimum Gasteiger partial charge on any atom is -0.496 e. The van der Waals surface area contributed by atoms with Crippen molar-refractivity contribution in [3.05, 3.63) is 50.9 Å². The van der Waals surface area contributed by atoms with Crippen LogP contribution in [0.4, 0.5) is 24.5 Å². The Bertz CT molecular complexity index is 1120. The molecule has 0 radical (unpaired) electrons. The lowest BCUT2D eigenvalue weighted by Crippen LogP contribution is -2.33. The maximum atomic E-state index is 14.9. The van der Waals surface area contributed by atoms with Gasteiger partial charge in [0.15, 0.2) is 21.5 Å². The van der Waals surface area contributed by atoms with E-state index in [-0.39, 0.29) is 36.3 Å². The Hall–Kier alpha value is -1.57. The average molecular weight is 585 g/mol. The molecule has 0 spiro atoms. The van der Waals surface area contributed by atoms with Crippen LogP contribution in [0.1, 0.15) is 37.0 Å². The molecule has 0 heterocycles. The Kier molecular flexibility index (Phi) is 7.32. The fourth-order valence-corrected chi connectivity index (χ4v) is 6.65. The summed E-state index contributed by atoms with van der Waals surface area (Å²) in [6.07, 6.45) is -0.893. The monoisotopic (exact) mass is 585 g/mol. The molecule has 0 aliphatic heterocycles. The van der Waals surface area contributed by atoms with Gasteiger partial charge in [-0.05, 0) is 67.0 Å². The van der Waals surface area contributed by atoms with Gasteiger partial charge in [-0.2, -0.15) is 0 Å². The number of anilines is 2. The van der Waals surface area contributed by atoms with Gasteiger partial charge in [0.2, 0.25) is 0 Å². The van der Waals surface area contributed by atoms with Crippen molar-refractivity contribution in [1.82, 2.24) is 0 Å². The maximum absolute atomic E-state index is 14.9. The molecule has 6 nitrogen and oxygen atoms in total. The molecule has 0 aromatic heterocycles. The number of hydrogen-bond donors (Lipinski definition) is 3. The van der Waals surface area contributed by atoms with Crippen LogP contribution in [0.3, 0.4) is 0 Å². The first-order valence-electron chi connectivity index (χ1n) is 9.77. The van der Waals surface area contributed by atoms with Gasteiger partial charge in [-0.25, -0.2) is 21.6 Å². The zero-order chi connectivity index (χ0) is 23.8. The Morgan fingerprint density at radius 2 is 1.88 bits per heavy atom. The summed E-state index contributed by atoms with van der Waals surface area (Å²) in [6, 6.07) is 4.81. The van der Waals surface area contributed by atoms with Gasteiger partial charge in [0.25, 0.3) is 0 Å². The number of methoxy groups -OCH3 is 1. The number of aliphatic hydroxyl groups excluding tert-OH is 2. The average Bonchev–Trinajstić information content (AvgIpc) is 3.53. The molecule has 0 amide bonds. The summed E-state index contributed by atoms with van der Waals surface area (Å²) >= 11 is 1.89. The predicted molar refractivity (Wildman–Crippen MR) is 122 cm³/mol. The third kappa shape index (κ3) is 4.57. The van der Waals surface area contributed by atoms with Gasteiger partial charge in [0.1, 0.15) is 11.6 Å². The number of halogens is 4. The number of sulfone groups is 1. The van der Waals surface area contributed by atoms with Crippen LogP contribution < -0.4 is 10.1 Å². The fourth-order valence-electron chi connectivity index (χ4n) is 3.81. The molecule has 2 aromatic rings. The van der Waals surface area contributed by atoms with E-state index in [1.54, 1.807) is 6.07 Å². The predicted octanol–water partition coefficient (Wildman–Crippen LogP) is 4.21. The Labute approximate surface area is 197 Å². The SMILES string of the molecule is COc1cc(F)c(F)c(Nc2ccc(I)cc2F)c1C(C)S(=O)(=O)C1(C[C@H](O)CO)CC1. The van der Waals surface area contributed by atoms with E-state index < -0.39 is 55.7 Å². The fraction of sp³-hybridized carbons (Fsp3) is 0.429. The van der Waals surface area contributed by atoms with E-state index in [0.717, 1.165) is 6.07 Å². The number of ether oxygens (including phenoxy) is 1. The van der Waals surface area contributed by atoms with Gasteiger partial charge in [-0.3, -0.25) is 0 Å². The minimum absolute atomic E-state index is 0.167. The highest BCUT2D eigenvalue weighted by molar-refractivity contribution is 14.1. The summed E-state index contributed by atoms with van der Waals surface area (Å²) in [5.74, 6) is -3.61. The quantitative estimate of drug-likeness (QED) is 0.382. The molecule has 11 heteroatoms. The largest absolute Gasteiger partial charge is 0.496 e. The highest BCUT2D eigenvalue weighted by Crippen LogP contribution is 2.54. The number of aliphatic hydroxyl groups is 2. The molecule has 3 N–H and O–H groups in total. The topological polar surface area (TPSA) is 95.9 Å². The summed E-state index contributed by atoms with van der Waals surface area (Å²) in [5, 5.41) is 20.1. The normalized spacial score (nSPS) is 17.0. The van der Waals surface area contributed by atoms with Crippen molar-refractivity contribution in [2.45, 2.75) is 42.3 Å². The number of nitrogens with one attached hydrogen (secondary N) is 1. The summed E-state index contributed by atoms with van der Waals surface area (Å²) in [5.41, 5.74) is -0.898. The van der Waals surface area contributed by atoms with E-state index in [0.29, 0.717) is 3.57 Å². The second-order valence-corrected chi connectivity index (χ2v) is 11.7. The van der Waals surface area contributed by atoms with Crippen LogP contribution in [0.5, 0.6) is 5.75 Å². The minimum atomic E-state index is -4.05. The first-order chi connectivity index (χ1) is 15.0. The van der Waals surface area contributed by atoms with Gasteiger partial charge in [0, 0.05) is 15.2 Å². The molecule has 1 fully saturated rings. The highest BCUT2D eigenvalue weighted by atomic mass is 127. The van der Waals surface area contributed by atoms with Crippen molar-refractivity contribution in [2.24, 2.45) is 0 Å². The van der Waals surface area contributed by atoms with Crippen molar-refractivity contribution in [3.8, 4) is 5.75 Å². The molecule has 2 aromatic carbocycles. The van der Waals surface area contributed by atoms with E-state index in [1.165, 1.54) is 26.2 Å². The van der Waals surface area contributed by atoms with Gasteiger partial charge >= 0.3 is 0 Å². The molecule has 1 aliphatic rings. The van der Waals surface area contributed by atoms with Gasteiger partial charge in [-0.1, -0.05) is 0 Å². The van der Waals surface area contributed by atoms with Crippen LogP contribution in [-0.4, -0.2) is 43.2 Å². The summed E-state index contributed by atoms with van der Waals surface area (Å²) in [4.78, 5) is 0. The summed E-state index contributed by atoms with van der Waals surface area (Å²) in [6.45, 7) is 0.713. The van der Waals surface area contributed by atoms with Crippen molar-refractivity contribution in [2.75, 3.05) is 19.0 Å². The van der Waals surface area contributed by atoms with Crippen molar-refractivity contribution >= 4 is 43.8 Å². The lowest BCUT2D eigenvalue weighted by atomic mass is 10.1. The van der Waals surface area contributed by atoms with E-state index in [1.807, 2.05) is 22.6 Å². The van der Waals surface area contributed by atoms with E-state index in [2.05, 4.69) is 5.32 Å². The van der Waals surface area contributed by atoms with Crippen LogP contribution in [-0.2, 0) is 9.84 Å². The Morgan fingerprint density at radius 3 is 2.41 bits per heavy atom. The number of benzene rings is 2. The smallest absolute Gasteiger partial charge is 0.182 e. The molecule has 1 aliphatic carbocycles. The molecule has 2 atom stereocenters. The number of rotatable bonds is 9. The highest BCUT2D eigenvalue weighted by Gasteiger charge is 2.57. The Morgan fingerprint density at radius 1 is 1.22 bits per heavy atom. The second kappa shape index (κ2) is 9.35. The molecule has 176 valence electrons. The number of hydrogen-bond acceptors (Lipinski definition) is 6. The van der Waals surface area contributed by atoms with Crippen molar-refractivity contribution in [1.29, 1.82) is 0 Å². The van der Waals surface area contributed by atoms with E-state index >= 15 is 0 Å². The van der Waals surface area contributed by atoms with Gasteiger partial charge in [-0.15, -0.1) is 0 Å². The Balaban J connectivity index is 2.13. The molecule has 32 heavy (non-hydrogen) atoms. The lowest BCUT2D eigenvalue weighted by Gasteiger charge is -2.27. The third-order valence-corrected chi connectivity index (χ3v) is 9.35. The molecule has 0 saturated heterocycles. The second-order valence-electron chi connectivity index (χ2n) is 7.82. The molecule has 1 saturated carbocycles. The lowest BCUT2D eigenvalue weighted by molar-refractivity contribution is 0.0857. The molecule has 0 bridgehead atoms. The van der Waals surface area contributed by atoms with Crippen molar-refractivity contribution < 1.29 is 36.5 Å². The van der Waals surface area contributed by atoms with Crippen molar-refractivity contribution in [3.63, 3.8) is 0 Å².